The summed E-state index contributed by atoms with van der Waals surface area (Å²) in [5.41, 5.74) is 2.40. The van der Waals surface area contributed by atoms with Crippen LogP contribution in [0.2, 0.25) is 0 Å². The molecular weight excluding hydrogens is 284 g/mol. The zero-order chi connectivity index (χ0) is 15.5. The lowest BCUT2D eigenvalue weighted by Crippen LogP contribution is -2.23. The molecule has 0 saturated heterocycles. The first-order chi connectivity index (χ1) is 10.6. The SMILES string of the molecule is Cn1cc(-c2ccc(CNC(=O)c3c[nH]c(=O)[nH]3)cn2)cn1. The number of rotatable bonds is 4. The number of aromatic amines is 2. The molecule has 8 nitrogen and oxygen atoms in total. The molecule has 0 spiro atoms. The van der Waals surface area contributed by atoms with Gasteiger partial charge in [-0.3, -0.25) is 14.5 Å². The van der Waals surface area contributed by atoms with Crippen molar-refractivity contribution in [3.8, 4) is 11.3 Å². The minimum Gasteiger partial charge on any atom is -0.347 e. The van der Waals surface area contributed by atoms with Crippen molar-refractivity contribution < 1.29 is 4.79 Å². The average molecular weight is 298 g/mol. The lowest BCUT2D eigenvalue weighted by atomic mass is 10.2. The zero-order valence-electron chi connectivity index (χ0n) is 11.8. The van der Waals surface area contributed by atoms with Crippen LogP contribution in [-0.2, 0) is 13.6 Å². The molecule has 3 aromatic rings. The number of hydrogen-bond acceptors (Lipinski definition) is 4. The van der Waals surface area contributed by atoms with Crippen LogP contribution in [0, 0.1) is 0 Å². The summed E-state index contributed by atoms with van der Waals surface area (Å²) in [4.78, 5) is 31.9. The highest BCUT2D eigenvalue weighted by Gasteiger charge is 2.08. The van der Waals surface area contributed by atoms with Gasteiger partial charge >= 0.3 is 5.69 Å². The maximum absolute atomic E-state index is 11.8. The monoisotopic (exact) mass is 298 g/mol. The molecule has 8 heteroatoms. The number of aryl methyl sites for hydroxylation is 1. The maximum Gasteiger partial charge on any atom is 0.323 e. The summed E-state index contributed by atoms with van der Waals surface area (Å²) in [6.07, 6.45) is 6.65. The first kappa shape index (κ1) is 13.8. The molecule has 3 N–H and O–H groups in total. The van der Waals surface area contributed by atoms with Crippen LogP contribution in [-0.4, -0.2) is 30.6 Å². The number of nitrogens with one attached hydrogen (secondary N) is 3. The van der Waals surface area contributed by atoms with Gasteiger partial charge in [0.15, 0.2) is 0 Å². The van der Waals surface area contributed by atoms with Gasteiger partial charge in [-0.1, -0.05) is 6.07 Å². The Morgan fingerprint density at radius 2 is 2.23 bits per heavy atom. The Hall–Kier alpha value is -3.16. The molecule has 22 heavy (non-hydrogen) atoms. The second-order valence-corrected chi connectivity index (χ2v) is 4.79. The van der Waals surface area contributed by atoms with E-state index >= 15 is 0 Å². The fourth-order valence-electron chi connectivity index (χ4n) is 1.99. The van der Waals surface area contributed by atoms with E-state index < -0.39 is 5.69 Å². The van der Waals surface area contributed by atoms with E-state index in [9.17, 15) is 9.59 Å². The number of H-pyrrole nitrogens is 2. The van der Waals surface area contributed by atoms with Crippen molar-refractivity contribution >= 4 is 5.91 Å². The normalized spacial score (nSPS) is 10.6. The van der Waals surface area contributed by atoms with E-state index in [-0.39, 0.29) is 11.6 Å². The Morgan fingerprint density at radius 1 is 1.36 bits per heavy atom. The van der Waals surface area contributed by atoms with Crippen molar-refractivity contribution in [3.63, 3.8) is 0 Å². The van der Waals surface area contributed by atoms with Crippen LogP contribution in [0.5, 0.6) is 0 Å². The third-order valence-corrected chi connectivity index (χ3v) is 3.12. The van der Waals surface area contributed by atoms with Crippen LogP contribution >= 0.6 is 0 Å². The average Bonchev–Trinajstić information content (AvgIpc) is 3.14. The number of imidazole rings is 1. The van der Waals surface area contributed by atoms with Crippen molar-refractivity contribution in [2.75, 3.05) is 0 Å². The Labute approximate surface area is 125 Å². The van der Waals surface area contributed by atoms with Crippen LogP contribution < -0.4 is 11.0 Å². The van der Waals surface area contributed by atoms with Gasteiger partial charge in [0.2, 0.25) is 0 Å². The molecule has 0 aliphatic carbocycles. The zero-order valence-corrected chi connectivity index (χ0v) is 11.8. The second kappa shape index (κ2) is 5.68. The summed E-state index contributed by atoms with van der Waals surface area (Å²) in [6, 6.07) is 3.76. The smallest absolute Gasteiger partial charge is 0.323 e. The molecule has 0 atom stereocenters. The van der Waals surface area contributed by atoms with E-state index in [1.165, 1.54) is 6.20 Å². The van der Waals surface area contributed by atoms with Gasteiger partial charge in [-0.2, -0.15) is 5.10 Å². The Morgan fingerprint density at radius 3 is 2.82 bits per heavy atom. The number of carbonyl (C=O) groups is 1. The molecule has 112 valence electrons. The Bertz CT molecular complexity index is 843. The van der Waals surface area contributed by atoms with E-state index in [0.717, 1.165) is 16.8 Å². The van der Waals surface area contributed by atoms with E-state index in [4.69, 9.17) is 0 Å². The molecule has 0 unspecified atom stereocenters. The van der Waals surface area contributed by atoms with Crippen LogP contribution in [0.4, 0.5) is 0 Å². The first-order valence-corrected chi connectivity index (χ1v) is 6.61. The van der Waals surface area contributed by atoms with Gasteiger partial charge < -0.3 is 15.3 Å². The molecule has 3 heterocycles. The van der Waals surface area contributed by atoms with Gasteiger partial charge in [-0.25, -0.2) is 4.79 Å². The van der Waals surface area contributed by atoms with Crippen molar-refractivity contribution in [2.45, 2.75) is 6.54 Å². The molecular formula is C14H14N6O2. The first-order valence-electron chi connectivity index (χ1n) is 6.61. The topological polar surface area (TPSA) is 108 Å². The highest BCUT2D eigenvalue weighted by Crippen LogP contribution is 2.15. The van der Waals surface area contributed by atoms with Crippen molar-refractivity contribution in [1.29, 1.82) is 0 Å². The van der Waals surface area contributed by atoms with Gasteiger partial charge in [0, 0.05) is 37.7 Å². The predicted octanol–water partition coefficient (Wildman–Crippen LogP) is 0.428. The lowest BCUT2D eigenvalue weighted by Gasteiger charge is -2.04. The minimum absolute atomic E-state index is 0.199. The highest BCUT2D eigenvalue weighted by atomic mass is 16.2. The highest BCUT2D eigenvalue weighted by molar-refractivity contribution is 5.91. The number of carbonyl (C=O) groups excluding carboxylic acids is 1. The molecule has 0 aliphatic heterocycles. The third kappa shape index (κ3) is 2.95. The molecule has 3 rings (SSSR count). The van der Waals surface area contributed by atoms with E-state index in [1.54, 1.807) is 17.1 Å². The molecule has 0 aliphatic rings. The number of pyridine rings is 1. The summed E-state index contributed by atoms with van der Waals surface area (Å²) in [5, 5.41) is 6.80. The van der Waals surface area contributed by atoms with Gasteiger partial charge in [0.1, 0.15) is 5.69 Å². The van der Waals surface area contributed by atoms with Crippen LogP contribution in [0.15, 0.2) is 41.7 Å². The minimum atomic E-state index is -0.410. The molecule has 0 bridgehead atoms. The Kier molecular flexibility index (Phi) is 3.57. The number of hydrogen-bond donors (Lipinski definition) is 3. The summed E-state index contributed by atoms with van der Waals surface area (Å²) >= 11 is 0. The van der Waals surface area contributed by atoms with E-state index in [0.29, 0.717) is 6.54 Å². The summed E-state index contributed by atoms with van der Waals surface area (Å²) in [6.45, 7) is 0.326. The van der Waals surface area contributed by atoms with Gasteiger partial charge in [0.25, 0.3) is 5.91 Å². The summed E-state index contributed by atoms with van der Waals surface area (Å²) in [5.74, 6) is -0.352. The lowest BCUT2D eigenvalue weighted by molar-refractivity contribution is 0.0946. The molecule has 0 saturated carbocycles. The fraction of sp³-hybridized carbons (Fsp3) is 0.143. The van der Waals surface area contributed by atoms with Crippen molar-refractivity contribution in [2.24, 2.45) is 7.05 Å². The molecule has 3 aromatic heterocycles. The summed E-state index contributed by atoms with van der Waals surface area (Å²) in [7, 11) is 1.85. The molecule has 0 aromatic carbocycles. The third-order valence-electron chi connectivity index (χ3n) is 3.12. The van der Waals surface area contributed by atoms with Crippen molar-refractivity contribution in [1.82, 2.24) is 30.0 Å². The van der Waals surface area contributed by atoms with E-state index in [2.05, 4.69) is 25.4 Å². The standard InChI is InChI=1S/C14H14N6O2/c1-20-8-10(6-18-20)11-3-2-9(4-15-11)5-16-13(21)12-7-17-14(22)19-12/h2-4,6-8H,5H2,1H3,(H,16,21)(H2,17,19,22). The molecule has 0 radical (unpaired) electrons. The van der Waals surface area contributed by atoms with Gasteiger partial charge in [-0.15, -0.1) is 0 Å². The number of aromatic nitrogens is 5. The Balaban J connectivity index is 1.64. The summed E-state index contributed by atoms with van der Waals surface area (Å²) < 4.78 is 1.71. The van der Waals surface area contributed by atoms with Gasteiger partial charge in [0.05, 0.1) is 11.9 Å². The number of nitrogens with zero attached hydrogens (tertiary/aromatic N) is 3. The second-order valence-electron chi connectivity index (χ2n) is 4.79. The van der Waals surface area contributed by atoms with Crippen molar-refractivity contribution in [3.05, 3.63) is 58.7 Å². The predicted molar refractivity (Wildman–Crippen MR) is 79.0 cm³/mol. The van der Waals surface area contributed by atoms with Crippen LogP contribution in [0.25, 0.3) is 11.3 Å². The van der Waals surface area contributed by atoms with Crippen LogP contribution in [0.1, 0.15) is 16.1 Å². The van der Waals surface area contributed by atoms with Gasteiger partial charge in [-0.05, 0) is 11.6 Å². The molecule has 0 fully saturated rings. The quantitative estimate of drug-likeness (QED) is 0.649. The van der Waals surface area contributed by atoms with Crippen LogP contribution in [0.3, 0.4) is 0 Å². The maximum atomic E-state index is 11.8. The van der Waals surface area contributed by atoms with E-state index in [1.807, 2.05) is 25.4 Å². The largest absolute Gasteiger partial charge is 0.347 e. The molecule has 1 amide bonds. The fourth-order valence-corrected chi connectivity index (χ4v) is 1.99. The number of amides is 1.